The Morgan fingerprint density at radius 1 is 1.29 bits per heavy atom. The van der Waals surface area contributed by atoms with E-state index < -0.39 is 0 Å². The second-order valence-electron chi connectivity index (χ2n) is 4.33. The Morgan fingerprint density at radius 3 is 2.81 bits per heavy atom. The van der Waals surface area contributed by atoms with E-state index in [4.69, 9.17) is 10.1 Å². The minimum Gasteiger partial charge on any atom is -0.496 e. The molecule has 0 fully saturated rings. The first-order valence-electron chi connectivity index (χ1n) is 6.40. The highest BCUT2D eigenvalue weighted by atomic mass is 127. The lowest BCUT2D eigenvalue weighted by Crippen LogP contribution is -2.02. The van der Waals surface area contributed by atoms with Gasteiger partial charge < -0.3 is 20.6 Å². The number of ether oxygens (including phenoxy) is 1. The van der Waals surface area contributed by atoms with Crippen molar-refractivity contribution in [3.05, 3.63) is 53.6 Å². The quantitative estimate of drug-likeness (QED) is 0.352. The Hall–Kier alpha value is -1.33. The van der Waals surface area contributed by atoms with Gasteiger partial charge in [0.2, 0.25) is 0 Å². The summed E-state index contributed by atoms with van der Waals surface area (Å²) < 4.78 is 5.34. The van der Waals surface area contributed by atoms with Crippen LogP contribution in [0.1, 0.15) is 11.1 Å². The molecular formula is C15H17IN3OP. The van der Waals surface area contributed by atoms with Crippen LogP contribution in [0.25, 0.3) is 0 Å². The number of halogens is 1. The van der Waals surface area contributed by atoms with Crippen LogP contribution in [0.2, 0.25) is 0 Å². The van der Waals surface area contributed by atoms with Crippen LogP contribution in [0.15, 0.2) is 42.5 Å². The first kappa shape index (κ1) is 16.0. The molecule has 0 aliphatic carbocycles. The van der Waals surface area contributed by atoms with Gasteiger partial charge in [0.25, 0.3) is 0 Å². The van der Waals surface area contributed by atoms with E-state index in [1.807, 2.05) is 42.5 Å². The Bertz CT molecular complexity index is 622. The van der Waals surface area contributed by atoms with E-state index in [0.717, 1.165) is 28.3 Å². The smallest absolute Gasteiger partial charge is 0.123 e. The van der Waals surface area contributed by atoms with Crippen molar-refractivity contribution in [3.8, 4) is 5.75 Å². The number of rotatable bonds is 7. The lowest BCUT2D eigenvalue weighted by Gasteiger charge is -2.12. The van der Waals surface area contributed by atoms with Crippen molar-refractivity contribution in [2.45, 2.75) is 6.54 Å². The van der Waals surface area contributed by atoms with Crippen LogP contribution < -0.4 is 15.1 Å². The standard InChI is InChI=1S/C15H17IN3OP/c1-20-15-5-3-2-4-11(15)10-18-13-6-7-14(19-21-16)12(8-13)9-17/h2-9,17-19,21H,10H2,1H3. The summed E-state index contributed by atoms with van der Waals surface area (Å²) in [6.45, 7) is 0.683. The van der Waals surface area contributed by atoms with Gasteiger partial charge in [0.05, 0.1) is 7.11 Å². The van der Waals surface area contributed by atoms with Gasteiger partial charge in [-0.25, -0.2) is 0 Å². The van der Waals surface area contributed by atoms with Crippen LogP contribution in [0, 0.1) is 5.41 Å². The van der Waals surface area contributed by atoms with Gasteiger partial charge in [-0.15, -0.1) is 0 Å². The number of anilines is 2. The zero-order valence-corrected chi connectivity index (χ0v) is 14.8. The lowest BCUT2D eigenvalue weighted by molar-refractivity contribution is 0.410. The Labute approximate surface area is 139 Å². The van der Waals surface area contributed by atoms with Gasteiger partial charge in [0, 0.05) is 41.6 Å². The second-order valence-corrected chi connectivity index (χ2v) is 6.39. The maximum Gasteiger partial charge on any atom is 0.123 e. The van der Waals surface area contributed by atoms with Crippen molar-refractivity contribution in [3.63, 3.8) is 0 Å². The fraction of sp³-hybridized carbons (Fsp3) is 0.133. The normalized spacial score (nSPS) is 10.6. The zero-order chi connectivity index (χ0) is 15.1. The van der Waals surface area contributed by atoms with E-state index in [-0.39, 0.29) is 0 Å². The van der Waals surface area contributed by atoms with E-state index in [1.165, 1.54) is 6.21 Å². The van der Waals surface area contributed by atoms with Crippen LogP contribution in [0.4, 0.5) is 11.4 Å². The average molecular weight is 413 g/mol. The number of hydrogen-bond acceptors (Lipinski definition) is 4. The SMILES string of the molecule is COc1ccccc1CNc1ccc(NPI)c(C=N)c1. The average Bonchev–Trinajstić information content (AvgIpc) is 2.54. The molecular weight excluding hydrogens is 396 g/mol. The summed E-state index contributed by atoms with van der Waals surface area (Å²) in [5.41, 5.74) is 3.96. The molecule has 0 saturated carbocycles. The minimum atomic E-state index is 0.588. The molecule has 2 aromatic carbocycles. The van der Waals surface area contributed by atoms with Crippen LogP contribution in [0.3, 0.4) is 0 Å². The van der Waals surface area contributed by atoms with Crippen LogP contribution >= 0.6 is 28.4 Å². The van der Waals surface area contributed by atoms with Crippen molar-refractivity contribution in [1.29, 1.82) is 5.41 Å². The number of methoxy groups -OCH3 is 1. The largest absolute Gasteiger partial charge is 0.496 e. The first-order chi connectivity index (χ1) is 10.3. The molecule has 21 heavy (non-hydrogen) atoms. The fourth-order valence-electron chi connectivity index (χ4n) is 2.00. The van der Waals surface area contributed by atoms with Gasteiger partial charge >= 0.3 is 0 Å². The summed E-state index contributed by atoms with van der Waals surface area (Å²) in [6, 6.07) is 13.9. The highest BCUT2D eigenvalue weighted by molar-refractivity contribution is 14.2. The molecule has 0 aliphatic rings. The minimum absolute atomic E-state index is 0.588. The monoisotopic (exact) mass is 413 g/mol. The van der Waals surface area contributed by atoms with Gasteiger partial charge in [-0.3, -0.25) is 0 Å². The predicted molar refractivity (Wildman–Crippen MR) is 101 cm³/mol. The number of hydrogen-bond donors (Lipinski definition) is 3. The molecule has 1 unspecified atom stereocenters. The topological polar surface area (TPSA) is 57.1 Å². The molecule has 0 heterocycles. The molecule has 0 aliphatic heterocycles. The predicted octanol–water partition coefficient (Wildman–Crippen LogP) is 4.66. The molecule has 3 N–H and O–H groups in total. The molecule has 1 atom stereocenters. The van der Waals surface area contributed by atoms with Gasteiger partial charge in [0.1, 0.15) is 5.75 Å². The molecule has 6 heteroatoms. The number of nitrogens with one attached hydrogen (secondary N) is 3. The fourth-order valence-corrected chi connectivity index (χ4v) is 3.20. The molecule has 0 radical (unpaired) electrons. The van der Waals surface area contributed by atoms with Crippen molar-refractivity contribution >= 4 is 46.0 Å². The van der Waals surface area contributed by atoms with Crippen molar-refractivity contribution in [1.82, 2.24) is 0 Å². The molecule has 4 nitrogen and oxygen atoms in total. The molecule has 0 amide bonds. The highest BCUT2D eigenvalue weighted by Gasteiger charge is 2.04. The van der Waals surface area contributed by atoms with Crippen molar-refractivity contribution in [2.75, 3.05) is 17.5 Å². The molecule has 0 spiro atoms. The Morgan fingerprint density at radius 2 is 2.10 bits per heavy atom. The summed E-state index contributed by atoms with van der Waals surface area (Å²) >= 11 is 2.28. The van der Waals surface area contributed by atoms with E-state index >= 15 is 0 Å². The van der Waals surface area contributed by atoms with E-state index in [9.17, 15) is 0 Å². The Kier molecular flexibility index (Phi) is 6.26. The van der Waals surface area contributed by atoms with E-state index in [2.05, 4.69) is 32.4 Å². The lowest BCUT2D eigenvalue weighted by atomic mass is 10.1. The summed E-state index contributed by atoms with van der Waals surface area (Å²) in [5.74, 6) is 0.877. The van der Waals surface area contributed by atoms with Gasteiger partial charge in [-0.2, -0.15) is 0 Å². The van der Waals surface area contributed by atoms with E-state index in [1.54, 1.807) is 7.11 Å². The van der Waals surface area contributed by atoms with Gasteiger partial charge in [-0.05, 0) is 46.3 Å². The summed E-state index contributed by atoms with van der Waals surface area (Å²) in [7, 11) is 1.68. The summed E-state index contributed by atoms with van der Waals surface area (Å²) in [6.07, 6.45) is 1.96. The Balaban J connectivity index is 2.11. The maximum absolute atomic E-state index is 7.51. The number of para-hydroxylation sites is 1. The molecule has 0 saturated heterocycles. The molecule has 0 bridgehead atoms. The third-order valence-electron chi connectivity index (χ3n) is 3.06. The van der Waals surface area contributed by atoms with Crippen LogP contribution in [-0.2, 0) is 6.54 Å². The second kappa shape index (κ2) is 8.20. The molecule has 2 rings (SSSR count). The molecule has 2 aromatic rings. The van der Waals surface area contributed by atoms with Crippen molar-refractivity contribution < 1.29 is 4.74 Å². The van der Waals surface area contributed by atoms with Crippen molar-refractivity contribution in [2.24, 2.45) is 0 Å². The first-order valence-corrected chi connectivity index (χ1v) is 10.5. The molecule has 110 valence electrons. The van der Waals surface area contributed by atoms with E-state index in [0.29, 0.717) is 12.9 Å². The van der Waals surface area contributed by atoms with Gasteiger partial charge in [0.15, 0.2) is 0 Å². The highest BCUT2D eigenvalue weighted by Crippen LogP contribution is 2.28. The van der Waals surface area contributed by atoms with Gasteiger partial charge in [-0.1, -0.05) is 18.2 Å². The van der Waals surface area contributed by atoms with Crippen LogP contribution in [0.5, 0.6) is 5.75 Å². The van der Waals surface area contributed by atoms with Crippen LogP contribution in [-0.4, -0.2) is 13.3 Å². The number of benzene rings is 2. The molecule has 0 aromatic heterocycles. The summed E-state index contributed by atoms with van der Waals surface area (Å²) in [5, 5.41) is 14.1. The zero-order valence-electron chi connectivity index (χ0n) is 11.6. The maximum atomic E-state index is 7.51. The third kappa shape index (κ3) is 4.32. The third-order valence-corrected chi connectivity index (χ3v) is 4.24. The summed E-state index contributed by atoms with van der Waals surface area (Å²) in [4.78, 5) is 0.